The molecule has 0 saturated carbocycles. The van der Waals surface area contributed by atoms with Crippen LogP contribution in [-0.2, 0) is 9.47 Å². The van der Waals surface area contributed by atoms with Gasteiger partial charge in [-0.2, -0.15) is 0 Å². The minimum atomic E-state index is -0.0598. The smallest absolute Gasteiger partial charge is 0.190 e. The summed E-state index contributed by atoms with van der Waals surface area (Å²) in [6.45, 7) is 0.959. The van der Waals surface area contributed by atoms with Gasteiger partial charge in [0, 0.05) is 24.3 Å². The van der Waals surface area contributed by atoms with Crippen LogP contribution in [0.1, 0.15) is 10.4 Å². The lowest BCUT2D eigenvalue weighted by Gasteiger charge is -2.05. The molecule has 2 rings (SSSR count). The zero-order chi connectivity index (χ0) is 12.8. The average Bonchev–Trinajstić information content (AvgIpc) is 2.43. The van der Waals surface area contributed by atoms with Gasteiger partial charge in [-0.05, 0) is 12.1 Å². The Morgan fingerprint density at radius 3 is 2.89 bits per heavy atom. The van der Waals surface area contributed by atoms with Gasteiger partial charge in [-0.3, -0.25) is 9.78 Å². The normalized spacial score (nSPS) is 10.7. The molecule has 94 valence electrons. The van der Waals surface area contributed by atoms with Crippen molar-refractivity contribution in [3.63, 3.8) is 0 Å². The summed E-state index contributed by atoms with van der Waals surface area (Å²) in [4.78, 5) is 16.3. The highest BCUT2D eigenvalue weighted by molar-refractivity contribution is 6.07. The van der Waals surface area contributed by atoms with E-state index in [0.717, 1.165) is 10.9 Å². The van der Waals surface area contributed by atoms with E-state index in [9.17, 15) is 4.79 Å². The third kappa shape index (κ3) is 2.91. The maximum Gasteiger partial charge on any atom is 0.190 e. The number of ether oxygens (including phenoxy) is 2. The van der Waals surface area contributed by atoms with Gasteiger partial charge in [-0.25, -0.2) is 0 Å². The number of ketones is 1. The van der Waals surface area contributed by atoms with Gasteiger partial charge < -0.3 is 9.47 Å². The van der Waals surface area contributed by atoms with Crippen molar-refractivity contribution in [2.45, 2.75) is 0 Å². The van der Waals surface area contributed by atoms with Crippen molar-refractivity contribution in [2.75, 3.05) is 26.9 Å². The number of methoxy groups -OCH3 is 1. The number of rotatable bonds is 6. The summed E-state index contributed by atoms with van der Waals surface area (Å²) in [7, 11) is 1.60. The molecule has 0 aliphatic carbocycles. The molecule has 0 atom stereocenters. The molecule has 18 heavy (non-hydrogen) atoms. The predicted molar refractivity (Wildman–Crippen MR) is 68.8 cm³/mol. The first kappa shape index (κ1) is 12.7. The maximum absolute atomic E-state index is 12.0. The van der Waals surface area contributed by atoms with Crippen molar-refractivity contribution >= 4 is 16.7 Å². The van der Waals surface area contributed by atoms with Crippen LogP contribution >= 0.6 is 0 Å². The van der Waals surface area contributed by atoms with E-state index in [4.69, 9.17) is 9.47 Å². The molecule has 0 aliphatic heterocycles. The van der Waals surface area contributed by atoms with Crippen LogP contribution in [0.4, 0.5) is 0 Å². The zero-order valence-electron chi connectivity index (χ0n) is 10.3. The van der Waals surface area contributed by atoms with Crippen LogP contribution in [-0.4, -0.2) is 37.7 Å². The van der Waals surface area contributed by atoms with Gasteiger partial charge in [0.25, 0.3) is 0 Å². The molecule has 0 fully saturated rings. The van der Waals surface area contributed by atoms with E-state index in [1.54, 1.807) is 19.4 Å². The first-order valence-electron chi connectivity index (χ1n) is 5.76. The molecule has 0 N–H and O–H groups in total. The first-order valence-corrected chi connectivity index (χ1v) is 5.76. The summed E-state index contributed by atoms with van der Waals surface area (Å²) in [5.41, 5.74) is 1.32. The van der Waals surface area contributed by atoms with Crippen LogP contribution in [0.15, 0.2) is 36.5 Å². The standard InChI is InChI=1S/C14H15NO3/c1-17-8-9-18-10-13(16)12-6-2-4-11-5-3-7-15-14(11)12/h2-7H,8-10H2,1H3. The number of carbonyl (C=O) groups is 1. The largest absolute Gasteiger partial charge is 0.382 e. The van der Waals surface area contributed by atoms with E-state index in [0.29, 0.717) is 18.8 Å². The van der Waals surface area contributed by atoms with Gasteiger partial charge in [0.2, 0.25) is 0 Å². The molecule has 1 heterocycles. The van der Waals surface area contributed by atoms with Gasteiger partial charge in [-0.1, -0.05) is 18.2 Å². The fraction of sp³-hybridized carbons (Fsp3) is 0.286. The van der Waals surface area contributed by atoms with Crippen LogP contribution in [0.2, 0.25) is 0 Å². The molecule has 1 aromatic carbocycles. The average molecular weight is 245 g/mol. The van der Waals surface area contributed by atoms with E-state index < -0.39 is 0 Å². The lowest BCUT2D eigenvalue weighted by atomic mass is 10.1. The number of para-hydroxylation sites is 1. The van der Waals surface area contributed by atoms with Crippen molar-refractivity contribution in [3.8, 4) is 0 Å². The molecule has 0 radical (unpaired) electrons. The second-order valence-corrected chi connectivity index (χ2v) is 3.85. The van der Waals surface area contributed by atoms with Crippen LogP contribution in [0, 0.1) is 0 Å². The van der Waals surface area contributed by atoms with Gasteiger partial charge in [0.1, 0.15) is 6.61 Å². The highest BCUT2D eigenvalue weighted by atomic mass is 16.5. The van der Waals surface area contributed by atoms with Gasteiger partial charge >= 0.3 is 0 Å². The molecule has 2 aromatic rings. The predicted octanol–water partition coefficient (Wildman–Crippen LogP) is 2.08. The van der Waals surface area contributed by atoms with Crippen molar-refractivity contribution in [3.05, 3.63) is 42.1 Å². The molecular weight excluding hydrogens is 230 g/mol. The Morgan fingerprint density at radius 1 is 1.22 bits per heavy atom. The van der Waals surface area contributed by atoms with E-state index in [1.165, 1.54) is 0 Å². The summed E-state index contributed by atoms with van der Waals surface area (Å²) < 4.78 is 10.1. The number of hydrogen-bond donors (Lipinski definition) is 0. The van der Waals surface area contributed by atoms with Crippen molar-refractivity contribution in [2.24, 2.45) is 0 Å². The Hall–Kier alpha value is -1.78. The van der Waals surface area contributed by atoms with Crippen molar-refractivity contribution in [1.29, 1.82) is 0 Å². The van der Waals surface area contributed by atoms with Gasteiger partial charge in [0.05, 0.1) is 18.7 Å². The number of carbonyl (C=O) groups excluding carboxylic acids is 1. The second-order valence-electron chi connectivity index (χ2n) is 3.85. The van der Waals surface area contributed by atoms with E-state index in [-0.39, 0.29) is 12.4 Å². The van der Waals surface area contributed by atoms with Crippen LogP contribution in [0.25, 0.3) is 10.9 Å². The molecule has 4 heteroatoms. The number of aromatic nitrogens is 1. The van der Waals surface area contributed by atoms with E-state index in [1.807, 2.05) is 24.3 Å². The Kier molecular flexibility index (Phi) is 4.39. The molecule has 0 saturated heterocycles. The molecule has 4 nitrogen and oxygen atoms in total. The number of nitrogens with zero attached hydrogens (tertiary/aromatic N) is 1. The number of fused-ring (bicyclic) bond motifs is 1. The van der Waals surface area contributed by atoms with Crippen molar-refractivity contribution in [1.82, 2.24) is 4.98 Å². The molecule has 0 unspecified atom stereocenters. The van der Waals surface area contributed by atoms with Crippen molar-refractivity contribution < 1.29 is 14.3 Å². The molecule has 0 amide bonds. The fourth-order valence-electron chi connectivity index (χ4n) is 1.71. The van der Waals surface area contributed by atoms with Crippen LogP contribution in [0.3, 0.4) is 0 Å². The summed E-state index contributed by atoms with van der Waals surface area (Å²) in [5, 5.41) is 0.959. The SMILES string of the molecule is COCCOCC(=O)c1cccc2cccnc12. The number of pyridine rings is 1. The van der Waals surface area contributed by atoms with E-state index >= 15 is 0 Å². The van der Waals surface area contributed by atoms with E-state index in [2.05, 4.69) is 4.98 Å². The molecule has 1 aromatic heterocycles. The molecular formula is C14H15NO3. The Labute approximate surface area is 106 Å². The number of benzene rings is 1. The number of Topliss-reactive ketones (excluding diaryl/α,β-unsaturated/α-hetero) is 1. The first-order chi connectivity index (χ1) is 8.83. The fourth-order valence-corrected chi connectivity index (χ4v) is 1.71. The summed E-state index contributed by atoms with van der Waals surface area (Å²) in [6, 6.07) is 9.35. The van der Waals surface area contributed by atoms with Gasteiger partial charge in [-0.15, -0.1) is 0 Å². The summed E-state index contributed by atoms with van der Waals surface area (Å²) in [6.07, 6.45) is 1.69. The summed E-state index contributed by atoms with van der Waals surface area (Å²) in [5.74, 6) is -0.0598. The second kappa shape index (κ2) is 6.23. The minimum absolute atomic E-state index is 0.0546. The summed E-state index contributed by atoms with van der Waals surface area (Å²) >= 11 is 0. The molecule has 0 aliphatic rings. The Bertz CT molecular complexity index is 534. The third-order valence-corrected chi connectivity index (χ3v) is 2.60. The maximum atomic E-state index is 12.0. The topological polar surface area (TPSA) is 48.4 Å². The minimum Gasteiger partial charge on any atom is -0.382 e. The zero-order valence-corrected chi connectivity index (χ0v) is 10.3. The monoisotopic (exact) mass is 245 g/mol. The molecule has 0 spiro atoms. The van der Waals surface area contributed by atoms with Crippen LogP contribution < -0.4 is 0 Å². The van der Waals surface area contributed by atoms with Crippen LogP contribution in [0.5, 0.6) is 0 Å². The Balaban J connectivity index is 2.13. The number of hydrogen-bond acceptors (Lipinski definition) is 4. The lowest BCUT2D eigenvalue weighted by Crippen LogP contribution is -2.12. The quantitative estimate of drug-likeness (QED) is 0.577. The third-order valence-electron chi connectivity index (χ3n) is 2.60. The highest BCUT2D eigenvalue weighted by Gasteiger charge is 2.10. The molecule has 0 bridgehead atoms. The van der Waals surface area contributed by atoms with Gasteiger partial charge in [0.15, 0.2) is 5.78 Å². The lowest BCUT2D eigenvalue weighted by molar-refractivity contribution is 0.0578. The Morgan fingerprint density at radius 2 is 2.06 bits per heavy atom. The highest BCUT2D eigenvalue weighted by Crippen LogP contribution is 2.16.